The maximum atomic E-state index is 11.9. The van der Waals surface area contributed by atoms with Crippen molar-refractivity contribution >= 4 is 46.6 Å². The third-order valence-electron chi connectivity index (χ3n) is 3.33. The number of halogens is 1. The zero-order chi connectivity index (χ0) is 19.1. The number of rotatable bonds is 7. The van der Waals surface area contributed by atoms with Crippen LogP contribution >= 0.6 is 34.7 Å². The SMILES string of the molecule is O=C(CSc1nnnn1-c1ccc(Cl)cc1)NC(=O)NCCc1cccs1. The lowest BCUT2D eigenvalue weighted by Gasteiger charge is -2.06. The summed E-state index contributed by atoms with van der Waals surface area (Å²) in [6.45, 7) is 0.460. The lowest BCUT2D eigenvalue weighted by atomic mass is 10.3. The third kappa shape index (κ3) is 5.78. The molecule has 0 aliphatic carbocycles. The molecule has 0 spiro atoms. The molecule has 27 heavy (non-hydrogen) atoms. The summed E-state index contributed by atoms with van der Waals surface area (Å²) >= 11 is 8.63. The lowest BCUT2D eigenvalue weighted by Crippen LogP contribution is -2.41. The van der Waals surface area contributed by atoms with E-state index in [4.69, 9.17) is 11.6 Å². The molecule has 0 unspecified atom stereocenters. The van der Waals surface area contributed by atoms with Gasteiger partial charge in [-0.3, -0.25) is 10.1 Å². The van der Waals surface area contributed by atoms with Gasteiger partial charge in [0, 0.05) is 16.4 Å². The molecular formula is C16H15ClN6O2S2. The van der Waals surface area contributed by atoms with Crippen LogP contribution in [-0.2, 0) is 11.2 Å². The third-order valence-corrected chi connectivity index (χ3v) is 5.44. The van der Waals surface area contributed by atoms with Gasteiger partial charge in [-0.05, 0) is 52.6 Å². The maximum absolute atomic E-state index is 11.9. The highest BCUT2D eigenvalue weighted by Gasteiger charge is 2.13. The van der Waals surface area contributed by atoms with Crippen molar-refractivity contribution in [3.63, 3.8) is 0 Å². The van der Waals surface area contributed by atoms with E-state index < -0.39 is 11.9 Å². The van der Waals surface area contributed by atoms with Crippen LogP contribution < -0.4 is 10.6 Å². The molecule has 0 aliphatic heterocycles. The number of nitrogens with one attached hydrogen (secondary N) is 2. The molecule has 0 saturated heterocycles. The average molecular weight is 423 g/mol. The average Bonchev–Trinajstić information content (AvgIpc) is 3.32. The molecule has 0 atom stereocenters. The lowest BCUT2D eigenvalue weighted by molar-refractivity contribution is -0.117. The minimum absolute atomic E-state index is 0.00626. The Morgan fingerprint density at radius 2 is 2.04 bits per heavy atom. The second-order valence-electron chi connectivity index (χ2n) is 5.27. The number of tetrazole rings is 1. The quantitative estimate of drug-likeness (QED) is 0.567. The molecule has 0 bridgehead atoms. The highest BCUT2D eigenvalue weighted by atomic mass is 35.5. The highest BCUT2D eigenvalue weighted by Crippen LogP contribution is 2.19. The Balaban J connectivity index is 1.44. The summed E-state index contributed by atoms with van der Waals surface area (Å²) in [5.74, 6) is -0.425. The number of thiophene rings is 1. The van der Waals surface area contributed by atoms with Gasteiger partial charge in [-0.1, -0.05) is 29.4 Å². The molecule has 2 aromatic heterocycles. The molecule has 2 N–H and O–H groups in total. The van der Waals surface area contributed by atoms with Crippen molar-refractivity contribution < 1.29 is 9.59 Å². The Kier molecular flexibility index (Phi) is 6.80. The Hall–Kier alpha value is -2.43. The largest absolute Gasteiger partial charge is 0.337 e. The van der Waals surface area contributed by atoms with Gasteiger partial charge in [0.1, 0.15) is 0 Å². The summed E-state index contributed by atoms with van der Waals surface area (Å²) < 4.78 is 1.50. The van der Waals surface area contributed by atoms with E-state index in [2.05, 4.69) is 26.2 Å². The molecule has 3 aromatic rings. The van der Waals surface area contributed by atoms with Crippen molar-refractivity contribution in [3.8, 4) is 5.69 Å². The van der Waals surface area contributed by atoms with Crippen molar-refractivity contribution in [2.45, 2.75) is 11.6 Å². The molecule has 2 heterocycles. The van der Waals surface area contributed by atoms with Crippen molar-refractivity contribution in [2.24, 2.45) is 0 Å². The summed E-state index contributed by atoms with van der Waals surface area (Å²) in [5.41, 5.74) is 0.721. The Bertz CT molecular complexity index is 898. The zero-order valence-corrected chi connectivity index (χ0v) is 16.4. The molecule has 0 saturated carbocycles. The molecule has 8 nitrogen and oxygen atoms in total. The molecule has 0 radical (unpaired) electrons. The van der Waals surface area contributed by atoms with Gasteiger partial charge in [0.05, 0.1) is 11.4 Å². The van der Waals surface area contributed by atoms with E-state index in [1.54, 1.807) is 35.6 Å². The fourth-order valence-corrected chi connectivity index (χ4v) is 3.63. The van der Waals surface area contributed by atoms with Gasteiger partial charge in [0.25, 0.3) is 0 Å². The fraction of sp³-hybridized carbons (Fsp3) is 0.188. The van der Waals surface area contributed by atoms with Crippen molar-refractivity contribution in [1.82, 2.24) is 30.8 Å². The number of hydrogen-bond acceptors (Lipinski definition) is 7. The molecule has 1 aromatic carbocycles. The van der Waals surface area contributed by atoms with Crippen LogP contribution in [0.4, 0.5) is 4.79 Å². The van der Waals surface area contributed by atoms with Crippen LogP contribution in [0.5, 0.6) is 0 Å². The minimum atomic E-state index is -0.519. The first-order chi connectivity index (χ1) is 13.1. The van der Waals surface area contributed by atoms with Gasteiger partial charge in [0.15, 0.2) is 0 Å². The second-order valence-corrected chi connectivity index (χ2v) is 7.68. The van der Waals surface area contributed by atoms with E-state index in [0.29, 0.717) is 16.7 Å². The summed E-state index contributed by atoms with van der Waals surface area (Å²) in [7, 11) is 0. The first-order valence-corrected chi connectivity index (χ1v) is 10.1. The van der Waals surface area contributed by atoms with E-state index >= 15 is 0 Å². The first kappa shape index (κ1) is 19.3. The highest BCUT2D eigenvalue weighted by molar-refractivity contribution is 7.99. The van der Waals surface area contributed by atoms with Crippen LogP contribution in [0, 0.1) is 0 Å². The van der Waals surface area contributed by atoms with Crippen molar-refractivity contribution in [3.05, 3.63) is 51.7 Å². The van der Waals surface area contributed by atoms with Crippen molar-refractivity contribution in [2.75, 3.05) is 12.3 Å². The van der Waals surface area contributed by atoms with E-state index in [9.17, 15) is 9.59 Å². The van der Waals surface area contributed by atoms with Gasteiger partial charge in [-0.25, -0.2) is 4.79 Å². The number of carbonyl (C=O) groups excluding carboxylic acids is 2. The molecule has 3 amide bonds. The molecule has 11 heteroatoms. The number of aromatic nitrogens is 4. The standard InChI is InChI=1S/C16H15ClN6O2S2/c17-11-3-5-12(6-4-11)23-16(20-21-22-23)27-10-14(24)19-15(25)18-8-7-13-2-1-9-26-13/h1-6,9H,7-8,10H2,(H2,18,19,24,25). The molecule has 0 aliphatic rings. The van der Waals surface area contributed by atoms with E-state index in [1.165, 1.54) is 9.56 Å². The van der Waals surface area contributed by atoms with Crippen molar-refractivity contribution in [1.29, 1.82) is 0 Å². The topological polar surface area (TPSA) is 102 Å². The number of benzene rings is 1. The number of urea groups is 1. The van der Waals surface area contributed by atoms with Crippen LogP contribution in [0.15, 0.2) is 46.9 Å². The summed E-state index contributed by atoms with van der Waals surface area (Å²) in [6.07, 6.45) is 0.726. The Morgan fingerprint density at radius 3 is 2.78 bits per heavy atom. The predicted molar refractivity (Wildman–Crippen MR) is 104 cm³/mol. The summed E-state index contributed by atoms with van der Waals surface area (Å²) in [6, 6.07) is 10.4. The fourth-order valence-electron chi connectivity index (χ4n) is 2.10. The molecular weight excluding hydrogens is 408 g/mol. The number of nitrogens with zero attached hydrogens (tertiary/aromatic N) is 4. The smallest absolute Gasteiger partial charge is 0.321 e. The molecule has 0 fully saturated rings. The van der Waals surface area contributed by atoms with E-state index in [-0.39, 0.29) is 5.75 Å². The van der Waals surface area contributed by atoms with E-state index in [1.807, 2.05) is 17.5 Å². The minimum Gasteiger partial charge on any atom is -0.337 e. The maximum Gasteiger partial charge on any atom is 0.321 e. The normalized spacial score (nSPS) is 10.6. The zero-order valence-electron chi connectivity index (χ0n) is 14.0. The second kappa shape index (κ2) is 9.49. The number of hydrogen-bond donors (Lipinski definition) is 2. The summed E-state index contributed by atoms with van der Waals surface area (Å²) in [5, 5.41) is 19.4. The number of thioether (sulfide) groups is 1. The Labute approximate surface area is 168 Å². The van der Waals surface area contributed by atoms with Crippen LogP contribution in [0.3, 0.4) is 0 Å². The molecule has 140 valence electrons. The number of carbonyl (C=O) groups is 2. The Morgan fingerprint density at radius 1 is 1.22 bits per heavy atom. The van der Waals surface area contributed by atoms with Gasteiger partial charge in [-0.15, -0.1) is 16.4 Å². The van der Waals surface area contributed by atoms with Crippen LogP contribution in [0.1, 0.15) is 4.88 Å². The van der Waals surface area contributed by atoms with Gasteiger partial charge in [-0.2, -0.15) is 4.68 Å². The van der Waals surface area contributed by atoms with Gasteiger partial charge in [0.2, 0.25) is 11.1 Å². The monoisotopic (exact) mass is 422 g/mol. The van der Waals surface area contributed by atoms with Crippen LogP contribution in [0.2, 0.25) is 5.02 Å². The number of imide groups is 1. The number of amides is 3. The van der Waals surface area contributed by atoms with Gasteiger partial charge < -0.3 is 5.32 Å². The van der Waals surface area contributed by atoms with Gasteiger partial charge >= 0.3 is 6.03 Å². The predicted octanol–water partition coefficient (Wildman–Crippen LogP) is 2.54. The van der Waals surface area contributed by atoms with E-state index in [0.717, 1.165) is 23.9 Å². The summed E-state index contributed by atoms with van der Waals surface area (Å²) in [4.78, 5) is 24.9. The first-order valence-electron chi connectivity index (χ1n) is 7.89. The molecule has 3 rings (SSSR count). The van der Waals surface area contributed by atoms with Crippen LogP contribution in [0.25, 0.3) is 5.69 Å². The van der Waals surface area contributed by atoms with Crippen LogP contribution in [-0.4, -0.2) is 44.4 Å².